The van der Waals surface area contributed by atoms with Crippen LogP contribution in [0, 0.1) is 6.92 Å². The highest BCUT2D eigenvalue weighted by Crippen LogP contribution is 2.29. The molecule has 1 atom stereocenters. The predicted molar refractivity (Wildman–Crippen MR) is 78.8 cm³/mol. The first-order valence-corrected chi connectivity index (χ1v) is 9.17. The van der Waals surface area contributed by atoms with Gasteiger partial charge < -0.3 is 5.11 Å². The molecule has 1 N–H and O–H groups in total. The van der Waals surface area contributed by atoms with Gasteiger partial charge in [-0.1, -0.05) is 0 Å². The van der Waals surface area contributed by atoms with Crippen molar-refractivity contribution in [3.05, 3.63) is 16.5 Å². The van der Waals surface area contributed by atoms with Gasteiger partial charge in [-0.05, 0) is 31.7 Å². The van der Waals surface area contributed by atoms with Crippen molar-refractivity contribution < 1.29 is 18.3 Å². The molecule has 19 heavy (non-hydrogen) atoms. The SMILES string of the molecule is CSCC(C)N(C)S(=O)(=O)c1cc(C)c(C(=O)O)s1. The second kappa shape index (κ2) is 6.25. The molecule has 1 heterocycles. The third kappa shape index (κ3) is 3.50. The molecular formula is C11H17NO4S3. The minimum Gasteiger partial charge on any atom is -0.477 e. The van der Waals surface area contributed by atoms with Gasteiger partial charge in [0.2, 0.25) is 0 Å². The maximum atomic E-state index is 12.4. The van der Waals surface area contributed by atoms with Gasteiger partial charge in [-0.3, -0.25) is 0 Å². The number of thiophene rings is 1. The highest BCUT2D eigenvalue weighted by molar-refractivity contribution is 7.98. The smallest absolute Gasteiger partial charge is 0.346 e. The van der Waals surface area contributed by atoms with E-state index in [9.17, 15) is 13.2 Å². The first-order chi connectivity index (χ1) is 8.71. The lowest BCUT2D eigenvalue weighted by Gasteiger charge is -2.22. The van der Waals surface area contributed by atoms with E-state index in [4.69, 9.17) is 5.11 Å². The van der Waals surface area contributed by atoms with Crippen molar-refractivity contribution >= 4 is 39.1 Å². The number of nitrogens with zero attached hydrogens (tertiary/aromatic N) is 1. The summed E-state index contributed by atoms with van der Waals surface area (Å²) in [5.74, 6) is -0.407. The van der Waals surface area contributed by atoms with Crippen LogP contribution in [0.5, 0.6) is 0 Å². The van der Waals surface area contributed by atoms with Gasteiger partial charge in [-0.2, -0.15) is 16.1 Å². The minimum absolute atomic E-state index is 0.0736. The highest BCUT2D eigenvalue weighted by Gasteiger charge is 2.28. The van der Waals surface area contributed by atoms with Gasteiger partial charge in [-0.25, -0.2) is 13.2 Å². The second-order valence-corrected chi connectivity index (χ2v) is 8.40. The van der Waals surface area contributed by atoms with Crippen molar-refractivity contribution in [1.29, 1.82) is 0 Å². The third-order valence-electron chi connectivity index (χ3n) is 2.75. The van der Waals surface area contributed by atoms with Gasteiger partial charge in [-0.15, -0.1) is 11.3 Å². The average Bonchev–Trinajstić information content (AvgIpc) is 2.71. The highest BCUT2D eigenvalue weighted by atomic mass is 32.2. The van der Waals surface area contributed by atoms with Crippen molar-refractivity contribution in [2.45, 2.75) is 24.1 Å². The normalized spacial score (nSPS) is 13.7. The van der Waals surface area contributed by atoms with E-state index >= 15 is 0 Å². The van der Waals surface area contributed by atoms with Gasteiger partial charge in [0.05, 0.1) is 0 Å². The maximum absolute atomic E-state index is 12.4. The molecule has 0 fully saturated rings. The Morgan fingerprint density at radius 3 is 2.58 bits per heavy atom. The Bertz CT molecular complexity index is 564. The van der Waals surface area contributed by atoms with Crippen LogP contribution >= 0.6 is 23.1 Å². The fraction of sp³-hybridized carbons (Fsp3) is 0.545. The van der Waals surface area contributed by atoms with Gasteiger partial charge in [0.1, 0.15) is 9.09 Å². The first-order valence-electron chi connectivity index (χ1n) is 5.52. The van der Waals surface area contributed by atoms with Crippen molar-refractivity contribution in [3.63, 3.8) is 0 Å². The zero-order chi connectivity index (χ0) is 14.8. The molecule has 0 radical (unpaired) electrons. The molecule has 1 unspecified atom stereocenters. The van der Waals surface area contributed by atoms with Crippen molar-refractivity contribution in [3.8, 4) is 0 Å². The molecule has 1 aromatic rings. The Kier molecular flexibility index (Phi) is 5.43. The number of carboxylic acid groups (broad SMARTS) is 1. The lowest BCUT2D eigenvalue weighted by atomic mass is 10.3. The molecule has 8 heteroatoms. The number of aromatic carboxylic acids is 1. The number of rotatable bonds is 6. The number of hydrogen-bond donors (Lipinski definition) is 1. The topological polar surface area (TPSA) is 74.7 Å². The van der Waals surface area contributed by atoms with E-state index in [-0.39, 0.29) is 15.1 Å². The van der Waals surface area contributed by atoms with E-state index in [2.05, 4.69) is 0 Å². The Morgan fingerprint density at radius 1 is 1.58 bits per heavy atom. The van der Waals surface area contributed by atoms with Crippen molar-refractivity contribution in [1.82, 2.24) is 4.31 Å². The number of sulfonamides is 1. The summed E-state index contributed by atoms with van der Waals surface area (Å²) in [4.78, 5) is 11.0. The zero-order valence-electron chi connectivity index (χ0n) is 11.2. The predicted octanol–water partition coefficient (Wildman–Crippen LogP) is 2.13. The summed E-state index contributed by atoms with van der Waals surface area (Å²) in [5, 5.41) is 8.98. The molecule has 0 saturated carbocycles. The molecule has 1 aromatic heterocycles. The summed E-state index contributed by atoms with van der Waals surface area (Å²) < 4.78 is 26.1. The number of carboxylic acids is 1. The fourth-order valence-electron chi connectivity index (χ4n) is 1.52. The Morgan fingerprint density at radius 2 is 2.16 bits per heavy atom. The Labute approximate surface area is 121 Å². The summed E-state index contributed by atoms with van der Waals surface area (Å²) in [6.07, 6.45) is 1.91. The quantitative estimate of drug-likeness (QED) is 0.868. The van der Waals surface area contributed by atoms with Crippen LogP contribution in [0.4, 0.5) is 0 Å². The summed E-state index contributed by atoms with van der Waals surface area (Å²) in [6, 6.07) is 1.28. The van der Waals surface area contributed by atoms with Gasteiger partial charge >= 0.3 is 5.97 Å². The number of hydrogen-bond acceptors (Lipinski definition) is 5. The van der Waals surface area contributed by atoms with E-state index < -0.39 is 16.0 Å². The standard InChI is InChI=1S/C11H17NO4S3/c1-7-5-9(18-10(7)11(13)14)19(15,16)12(3)8(2)6-17-4/h5,8H,6H2,1-4H3,(H,13,14). The van der Waals surface area contributed by atoms with Crippen LogP contribution in [-0.4, -0.2) is 48.9 Å². The molecule has 5 nitrogen and oxygen atoms in total. The molecule has 0 aromatic carbocycles. The van der Waals surface area contributed by atoms with Crippen molar-refractivity contribution in [2.24, 2.45) is 0 Å². The zero-order valence-corrected chi connectivity index (χ0v) is 13.7. The lowest BCUT2D eigenvalue weighted by Crippen LogP contribution is -2.36. The number of carbonyl (C=O) groups is 1. The second-order valence-electron chi connectivity index (χ2n) is 4.21. The third-order valence-corrected chi connectivity index (χ3v) is 7.21. The van der Waals surface area contributed by atoms with E-state index in [0.29, 0.717) is 11.3 Å². The molecular weight excluding hydrogens is 306 g/mol. The molecule has 1 rings (SSSR count). The van der Waals surface area contributed by atoms with Crippen LogP contribution in [0.1, 0.15) is 22.2 Å². The van der Waals surface area contributed by atoms with Gasteiger partial charge in [0.25, 0.3) is 10.0 Å². The molecule has 0 saturated heterocycles. The van der Waals surface area contributed by atoms with E-state index in [1.54, 1.807) is 18.7 Å². The van der Waals surface area contributed by atoms with Crippen LogP contribution in [0.2, 0.25) is 0 Å². The van der Waals surface area contributed by atoms with E-state index in [1.807, 2.05) is 13.2 Å². The number of aryl methyl sites for hydroxylation is 1. The summed E-state index contributed by atoms with van der Waals surface area (Å²) >= 11 is 2.37. The van der Waals surface area contributed by atoms with Crippen molar-refractivity contribution in [2.75, 3.05) is 19.1 Å². The summed E-state index contributed by atoms with van der Waals surface area (Å²) in [7, 11) is -2.10. The summed E-state index contributed by atoms with van der Waals surface area (Å²) in [5.41, 5.74) is 0.474. The van der Waals surface area contributed by atoms with E-state index in [1.165, 1.54) is 17.4 Å². The number of thioether (sulfide) groups is 1. The summed E-state index contributed by atoms with van der Waals surface area (Å²) in [6.45, 7) is 3.43. The van der Waals surface area contributed by atoms with E-state index in [0.717, 1.165) is 11.3 Å². The fourth-order valence-corrected chi connectivity index (χ4v) is 5.24. The lowest BCUT2D eigenvalue weighted by molar-refractivity contribution is 0.0701. The molecule has 0 spiro atoms. The largest absolute Gasteiger partial charge is 0.477 e. The maximum Gasteiger partial charge on any atom is 0.346 e. The minimum atomic E-state index is -3.62. The van der Waals surface area contributed by atoms with Crippen LogP contribution in [0.15, 0.2) is 10.3 Å². The van der Waals surface area contributed by atoms with Crippen LogP contribution in [0.3, 0.4) is 0 Å². The Balaban J connectivity index is 3.13. The molecule has 0 aliphatic carbocycles. The molecule has 0 amide bonds. The molecule has 0 aliphatic heterocycles. The average molecular weight is 323 g/mol. The van der Waals surface area contributed by atoms with Crippen LogP contribution < -0.4 is 0 Å². The monoisotopic (exact) mass is 323 g/mol. The first kappa shape index (κ1) is 16.5. The van der Waals surface area contributed by atoms with Crippen LogP contribution in [-0.2, 0) is 10.0 Å². The molecule has 0 aliphatic rings. The Hall–Kier alpha value is -0.570. The van der Waals surface area contributed by atoms with Gasteiger partial charge in [0, 0.05) is 18.8 Å². The molecule has 108 valence electrons. The molecule has 0 bridgehead atoms. The van der Waals surface area contributed by atoms with Crippen LogP contribution in [0.25, 0.3) is 0 Å². The van der Waals surface area contributed by atoms with Gasteiger partial charge in [0.15, 0.2) is 0 Å².